The Morgan fingerprint density at radius 2 is 1.64 bits per heavy atom. The van der Waals surface area contributed by atoms with Crippen LogP contribution in [0.4, 0.5) is 0 Å². The molecule has 0 aliphatic rings. The van der Waals surface area contributed by atoms with Crippen molar-refractivity contribution >= 4 is 35.2 Å². The molecule has 0 spiro atoms. The molecule has 0 aromatic heterocycles. The van der Waals surface area contributed by atoms with Gasteiger partial charge >= 0.3 is 0 Å². The van der Waals surface area contributed by atoms with E-state index >= 15 is 0 Å². The van der Waals surface area contributed by atoms with E-state index in [-0.39, 0.29) is 18.0 Å². The number of hydrogen-bond donors (Lipinski definition) is 1. The standard InChI is InChI=1S/C28H26ClNO3/c1-19-8-10-22(11-9-19)17-27(32)26(16-21-6-4-3-5-7-21)30-28(33)15-12-23-18-24(29)13-14-25(23)20(2)31/h3-15,18,26H,16-17H2,1-2H3,(H,30,33)/b15-12+/t26-/m0/s1. The molecule has 0 radical (unpaired) electrons. The SMILES string of the molecule is CC(=O)c1ccc(Cl)cc1/C=C/C(=O)N[C@@H](Cc1ccccc1)C(=O)Cc1ccc(C)cc1. The van der Waals surface area contributed by atoms with Crippen LogP contribution in [0.5, 0.6) is 0 Å². The molecule has 4 nitrogen and oxygen atoms in total. The minimum Gasteiger partial charge on any atom is -0.342 e. The number of halogens is 1. The summed E-state index contributed by atoms with van der Waals surface area (Å²) in [5.41, 5.74) is 4.00. The number of rotatable bonds is 9. The van der Waals surface area contributed by atoms with Crippen LogP contribution in [-0.4, -0.2) is 23.5 Å². The molecule has 0 unspecified atom stereocenters. The van der Waals surface area contributed by atoms with Gasteiger partial charge in [0.05, 0.1) is 6.04 Å². The van der Waals surface area contributed by atoms with Gasteiger partial charge in [0.1, 0.15) is 0 Å². The average Bonchev–Trinajstić information content (AvgIpc) is 2.79. The number of nitrogens with one attached hydrogen (secondary N) is 1. The monoisotopic (exact) mass is 459 g/mol. The van der Waals surface area contributed by atoms with Crippen molar-refractivity contribution in [1.82, 2.24) is 5.32 Å². The van der Waals surface area contributed by atoms with Crippen LogP contribution in [0.1, 0.15) is 39.5 Å². The molecular formula is C28H26ClNO3. The van der Waals surface area contributed by atoms with Gasteiger partial charge in [-0.1, -0.05) is 71.8 Å². The Morgan fingerprint density at radius 1 is 0.939 bits per heavy atom. The van der Waals surface area contributed by atoms with Crippen LogP contribution in [0.25, 0.3) is 6.08 Å². The zero-order chi connectivity index (χ0) is 23.8. The van der Waals surface area contributed by atoms with Crippen molar-refractivity contribution in [3.05, 3.63) is 112 Å². The summed E-state index contributed by atoms with van der Waals surface area (Å²) in [4.78, 5) is 37.7. The summed E-state index contributed by atoms with van der Waals surface area (Å²) in [5, 5.41) is 3.31. The highest BCUT2D eigenvalue weighted by atomic mass is 35.5. The number of hydrogen-bond acceptors (Lipinski definition) is 3. The molecule has 0 aliphatic carbocycles. The minimum atomic E-state index is -0.683. The molecule has 168 valence electrons. The number of carbonyl (C=O) groups excluding carboxylic acids is 3. The molecule has 0 bridgehead atoms. The Kier molecular flexibility index (Phi) is 8.34. The molecular weight excluding hydrogens is 434 g/mol. The van der Waals surface area contributed by atoms with Gasteiger partial charge in [0.25, 0.3) is 0 Å². The molecule has 0 aliphatic heterocycles. The maximum Gasteiger partial charge on any atom is 0.244 e. The van der Waals surface area contributed by atoms with E-state index in [9.17, 15) is 14.4 Å². The summed E-state index contributed by atoms with van der Waals surface area (Å²) in [5.74, 6) is -0.610. The first-order valence-electron chi connectivity index (χ1n) is 10.7. The maximum atomic E-state index is 13.1. The third-order valence-corrected chi connectivity index (χ3v) is 5.53. The zero-order valence-corrected chi connectivity index (χ0v) is 19.4. The second-order valence-corrected chi connectivity index (χ2v) is 8.44. The Labute approximate surface area is 199 Å². The van der Waals surface area contributed by atoms with Crippen LogP contribution in [0.2, 0.25) is 5.02 Å². The lowest BCUT2D eigenvalue weighted by molar-refractivity contribution is -0.125. The van der Waals surface area contributed by atoms with E-state index in [4.69, 9.17) is 11.6 Å². The van der Waals surface area contributed by atoms with Crippen LogP contribution >= 0.6 is 11.6 Å². The van der Waals surface area contributed by atoms with E-state index in [2.05, 4.69) is 5.32 Å². The molecule has 0 heterocycles. The van der Waals surface area contributed by atoms with Crippen molar-refractivity contribution in [2.45, 2.75) is 32.7 Å². The summed E-state index contributed by atoms with van der Waals surface area (Å²) in [6, 6.07) is 21.6. The van der Waals surface area contributed by atoms with Gasteiger partial charge in [-0.3, -0.25) is 14.4 Å². The van der Waals surface area contributed by atoms with Crippen molar-refractivity contribution in [2.24, 2.45) is 0 Å². The first kappa shape index (κ1) is 24.1. The van der Waals surface area contributed by atoms with Crippen LogP contribution in [-0.2, 0) is 22.4 Å². The summed E-state index contributed by atoms with van der Waals surface area (Å²) >= 11 is 6.05. The van der Waals surface area contributed by atoms with E-state index in [1.165, 1.54) is 13.0 Å². The lowest BCUT2D eigenvalue weighted by Gasteiger charge is -2.17. The summed E-state index contributed by atoms with van der Waals surface area (Å²) in [6.07, 6.45) is 3.49. The molecule has 33 heavy (non-hydrogen) atoms. The quantitative estimate of drug-likeness (QED) is 0.344. The van der Waals surface area contributed by atoms with Gasteiger partial charge in [-0.25, -0.2) is 0 Å². The van der Waals surface area contributed by atoms with Crippen molar-refractivity contribution in [3.8, 4) is 0 Å². The smallest absolute Gasteiger partial charge is 0.244 e. The van der Waals surface area contributed by atoms with E-state index in [0.717, 1.165) is 16.7 Å². The third kappa shape index (κ3) is 7.26. The van der Waals surface area contributed by atoms with E-state index in [0.29, 0.717) is 22.6 Å². The number of aryl methyl sites for hydroxylation is 1. The highest BCUT2D eigenvalue weighted by molar-refractivity contribution is 6.30. The Hall–Kier alpha value is -3.50. The first-order chi connectivity index (χ1) is 15.8. The Balaban J connectivity index is 1.77. The molecule has 3 aromatic carbocycles. The average molecular weight is 460 g/mol. The van der Waals surface area contributed by atoms with Crippen LogP contribution in [0.15, 0.2) is 78.9 Å². The maximum absolute atomic E-state index is 13.1. The van der Waals surface area contributed by atoms with Gasteiger partial charge in [0.15, 0.2) is 11.6 Å². The predicted molar refractivity (Wildman–Crippen MR) is 132 cm³/mol. The second kappa shape index (κ2) is 11.4. The second-order valence-electron chi connectivity index (χ2n) is 8.00. The van der Waals surface area contributed by atoms with Gasteiger partial charge < -0.3 is 5.32 Å². The molecule has 0 saturated carbocycles. The Bertz CT molecular complexity index is 1170. The van der Waals surface area contributed by atoms with Gasteiger partial charge in [0, 0.05) is 23.1 Å². The molecule has 1 N–H and O–H groups in total. The summed E-state index contributed by atoms with van der Waals surface area (Å²) in [6.45, 7) is 3.45. The van der Waals surface area contributed by atoms with Gasteiger partial charge in [-0.15, -0.1) is 0 Å². The van der Waals surface area contributed by atoms with Crippen molar-refractivity contribution in [1.29, 1.82) is 0 Å². The van der Waals surface area contributed by atoms with Gasteiger partial charge in [0.2, 0.25) is 5.91 Å². The number of ketones is 2. The summed E-state index contributed by atoms with van der Waals surface area (Å²) in [7, 11) is 0. The van der Waals surface area contributed by atoms with Gasteiger partial charge in [-0.05, 0) is 61.2 Å². The number of amides is 1. The van der Waals surface area contributed by atoms with Crippen molar-refractivity contribution < 1.29 is 14.4 Å². The highest BCUT2D eigenvalue weighted by Crippen LogP contribution is 2.18. The van der Waals surface area contributed by atoms with Crippen molar-refractivity contribution in [3.63, 3.8) is 0 Å². The highest BCUT2D eigenvalue weighted by Gasteiger charge is 2.21. The van der Waals surface area contributed by atoms with E-state index in [1.807, 2.05) is 61.5 Å². The van der Waals surface area contributed by atoms with Crippen LogP contribution in [0, 0.1) is 6.92 Å². The number of carbonyl (C=O) groups is 3. The van der Waals surface area contributed by atoms with Crippen LogP contribution in [0.3, 0.4) is 0 Å². The molecule has 3 rings (SSSR count). The van der Waals surface area contributed by atoms with Gasteiger partial charge in [-0.2, -0.15) is 0 Å². The topological polar surface area (TPSA) is 63.2 Å². The first-order valence-corrected chi connectivity index (χ1v) is 11.1. The molecule has 1 atom stereocenters. The fraction of sp³-hybridized carbons (Fsp3) is 0.179. The molecule has 5 heteroatoms. The molecule has 3 aromatic rings. The molecule has 0 fully saturated rings. The number of Topliss-reactive ketones (excluding diaryl/α,β-unsaturated/α-hetero) is 2. The normalized spacial score (nSPS) is 11.8. The lowest BCUT2D eigenvalue weighted by Crippen LogP contribution is -2.42. The molecule has 0 saturated heterocycles. The number of benzene rings is 3. The zero-order valence-electron chi connectivity index (χ0n) is 18.7. The fourth-order valence-corrected chi connectivity index (χ4v) is 3.68. The Morgan fingerprint density at radius 3 is 2.30 bits per heavy atom. The molecule has 1 amide bonds. The van der Waals surface area contributed by atoms with E-state index < -0.39 is 11.9 Å². The largest absolute Gasteiger partial charge is 0.342 e. The summed E-state index contributed by atoms with van der Waals surface area (Å²) < 4.78 is 0. The fourth-order valence-electron chi connectivity index (χ4n) is 3.50. The van der Waals surface area contributed by atoms with Crippen LogP contribution < -0.4 is 5.32 Å². The third-order valence-electron chi connectivity index (χ3n) is 5.29. The lowest BCUT2D eigenvalue weighted by atomic mass is 9.97. The van der Waals surface area contributed by atoms with Crippen molar-refractivity contribution in [2.75, 3.05) is 0 Å². The van der Waals surface area contributed by atoms with E-state index in [1.54, 1.807) is 24.3 Å². The minimum absolute atomic E-state index is 0.0726. The predicted octanol–water partition coefficient (Wildman–Crippen LogP) is 5.40.